The number of furan rings is 1. The molecule has 2 aromatic rings. The minimum absolute atomic E-state index is 0.155. The first-order valence-electron chi connectivity index (χ1n) is 6.00. The Morgan fingerprint density at radius 3 is 2.58 bits per heavy atom. The highest BCUT2D eigenvalue weighted by Gasteiger charge is 2.24. The minimum Gasteiger partial charge on any atom is -0.462 e. The van der Waals surface area contributed by atoms with Crippen LogP contribution in [-0.2, 0) is 4.74 Å². The van der Waals surface area contributed by atoms with Gasteiger partial charge in [-0.3, -0.25) is 4.79 Å². The topological polar surface area (TPSA) is 56.5 Å². The van der Waals surface area contributed by atoms with Crippen molar-refractivity contribution < 1.29 is 18.7 Å². The van der Waals surface area contributed by atoms with Crippen LogP contribution in [0.2, 0.25) is 0 Å². The normalized spacial score (nSPS) is 10.2. The van der Waals surface area contributed by atoms with E-state index in [9.17, 15) is 9.59 Å². The molecule has 1 aromatic carbocycles. The Morgan fingerprint density at radius 1 is 1.32 bits per heavy atom. The molecule has 1 heterocycles. The average molecular weight is 258 g/mol. The van der Waals surface area contributed by atoms with Crippen LogP contribution >= 0.6 is 0 Å². The lowest BCUT2D eigenvalue weighted by molar-refractivity contribution is 0.0526. The van der Waals surface area contributed by atoms with E-state index >= 15 is 0 Å². The Hall–Kier alpha value is -2.36. The molecule has 0 aliphatic carbocycles. The largest absolute Gasteiger partial charge is 0.462 e. The Morgan fingerprint density at radius 2 is 2.00 bits per heavy atom. The number of hydrogen-bond donors (Lipinski definition) is 0. The predicted octanol–water partition coefficient (Wildman–Crippen LogP) is 3.24. The second kappa shape index (κ2) is 5.52. The summed E-state index contributed by atoms with van der Waals surface area (Å²) < 4.78 is 10.5. The van der Waals surface area contributed by atoms with Crippen LogP contribution in [-0.4, -0.2) is 18.9 Å². The fourth-order valence-corrected chi connectivity index (χ4v) is 1.89. The van der Waals surface area contributed by atoms with Gasteiger partial charge in [0.1, 0.15) is 11.3 Å². The molecule has 19 heavy (non-hydrogen) atoms. The molecule has 0 N–H and O–H groups in total. The van der Waals surface area contributed by atoms with E-state index in [-0.39, 0.29) is 12.4 Å². The molecule has 2 rings (SSSR count). The molecule has 4 heteroatoms. The molecular weight excluding hydrogens is 244 g/mol. The molecule has 0 amide bonds. The number of ether oxygens (including phenoxy) is 1. The molecule has 0 bridgehead atoms. The molecule has 0 aliphatic heterocycles. The number of rotatable bonds is 4. The van der Waals surface area contributed by atoms with E-state index in [1.54, 1.807) is 13.8 Å². The fourth-order valence-electron chi connectivity index (χ4n) is 1.89. The predicted molar refractivity (Wildman–Crippen MR) is 70.2 cm³/mol. The van der Waals surface area contributed by atoms with Crippen molar-refractivity contribution in [1.82, 2.24) is 0 Å². The number of benzene rings is 1. The lowest BCUT2D eigenvalue weighted by atomic mass is 10.1. The minimum atomic E-state index is -0.476. The van der Waals surface area contributed by atoms with Crippen molar-refractivity contribution in [2.24, 2.45) is 0 Å². The molecular formula is C15H14O4. The maximum absolute atomic E-state index is 12.0. The highest BCUT2D eigenvalue weighted by Crippen LogP contribution is 2.31. The van der Waals surface area contributed by atoms with Gasteiger partial charge in [-0.2, -0.15) is 0 Å². The van der Waals surface area contributed by atoms with Gasteiger partial charge in [-0.05, 0) is 13.8 Å². The van der Waals surface area contributed by atoms with Gasteiger partial charge in [-0.1, -0.05) is 30.3 Å². The summed E-state index contributed by atoms with van der Waals surface area (Å²) in [5.74, 6) is 0.0521. The Kier molecular flexibility index (Phi) is 3.80. The first-order valence-corrected chi connectivity index (χ1v) is 6.00. The molecule has 0 aliphatic rings. The summed E-state index contributed by atoms with van der Waals surface area (Å²) in [4.78, 5) is 22.9. The van der Waals surface area contributed by atoms with Gasteiger partial charge in [-0.25, -0.2) is 4.79 Å². The SMILES string of the molecule is CCOC(=O)c1c(-c2ccccc2)oc(C=O)c1C. The van der Waals surface area contributed by atoms with Crippen LogP contribution in [0.1, 0.15) is 33.4 Å². The van der Waals surface area contributed by atoms with Crippen LogP contribution in [0.4, 0.5) is 0 Å². The second-order valence-electron chi connectivity index (χ2n) is 4.00. The summed E-state index contributed by atoms with van der Waals surface area (Å²) in [7, 11) is 0. The number of hydrogen-bond acceptors (Lipinski definition) is 4. The summed E-state index contributed by atoms with van der Waals surface area (Å²) in [5, 5.41) is 0. The van der Waals surface area contributed by atoms with Crippen molar-refractivity contribution in [3.8, 4) is 11.3 Å². The second-order valence-corrected chi connectivity index (χ2v) is 4.00. The molecule has 0 saturated heterocycles. The van der Waals surface area contributed by atoms with Gasteiger partial charge in [0.05, 0.1) is 6.61 Å². The lowest BCUT2D eigenvalue weighted by Crippen LogP contribution is -2.06. The van der Waals surface area contributed by atoms with Crippen LogP contribution < -0.4 is 0 Å². The quantitative estimate of drug-likeness (QED) is 0.624. The number of aldehydes is 1. The van der Waals surface area contributed by atoms with Gasteiger partial charge in [-0.15, -0.1) is 0 Å². The Labute approximate surface area is 111 Å². The van der Waals surface area contributed by atoms with Crippen molar-refractivity contribution in [2.45, 2.75) is 13.8 Å². The molecule has 0 fully saturated rings. The molecule has 0 atom stereocenters. The number of carbonyl (C=O) groups excluding carboxylic acids is 2. The molecule has 98 valence electrons. The van der Waals surface area contributed by atoms with Gasteiger partial charge in [0, 0.05) is 11.1 Å². The maximum atomic E-state index is 12.0. The van der Waals surface area contributed by atoms with Crippen LogP contribution in [0.5, 0.6) is 0 Å². The third-order valence-electron chi connectivity index (χ3n) is 2.81. The fraction of sp³-hybridized carbons (Fsp3) is 0.200. The van der Waals surface area contributed by atoms with Crippen LogP contribution in [0.25, 0.3) is 11.3 Å². The van der Waals surface area contributed by atoms with E-state index in [1.807, 2.05) is 30.3 Å². The van der Waals surface area contributed by atoms with Gasteiger partial charge >= 0.3 is 5.97 Å². The van der Waals surface area contributed by atoms with Gasteiger partial charge in [0.25, 0.3) is 0 Å². The molecule has 0 unspecified atom stereocenters. The molecule has 4 nitrogen and oxygen atoms in total. The molecule has 0 radical (unpaired) electrons. The summed E-state index contributed by atoms with van der Waals surface area (Å²) in [6, 6.07) is 9.17. The summed E-state index contributed by atoms with van der Waals surface area (Å²) >= 11 is 0. The van der Waals surface area contributed by atoms with Crippen LogP contribution in [0.3, 0.4) is 0 Å². The van der Waals surface area contributed by atoms with Crippen molar-refractivity contribution >= 4 is 12.3 Å². The highest BCUT2D eigenvalue weighted by atomic mass is 16.5. The van der Waals surface area contributed by atoms with E-state index in [1.165, 1.54) is 0 Å². The van der Waals surface area contributed by atoms with Crippen molar-refractivity contribution in [1.29, 1.82) is 0 Å². The molecule has 0 spiro atoms. The van der Waals surface area contributed by atoms with Gasteiger partial charge in [0.2, 0.25) is 0 Å². The molecule has 1 aromatic heterocycles. The zero-order valence-corrected chi connectivity index (χ0v) is 10.8. The average Bonchev–Trinajstić information content (AvgIpc) is 2.77. The highest BCUT2D eigenvalue weighted by molar-refractivity contribution is 5.99. The first kappa shape index (κ1) is 13.1. The van der Waals surface area contributed by atoms with Crippen molar-refractivity contribution in [3.05, 3.63) is 47.2 Å². The zero-order valence-electron chi connectivity index (χ0n) is 10.8. The maximum Gasteiger partial charge on any atom is 0.342 e. The van der Waals surface area contributed by atoms with E-state index in [0.29, 0.717) is 23.2 Å². The van der Waals surface area contributed by atoms with Gasteiger partial charge < -0.3 is 9.15 Å². The third kappa shape index (κ3) is 2.42. The first-order chi connectivity index (χ1) is 9.19. The number of esters is 1. The van der Waals surface area contributed by atoms with Crippen molar-refractivity contribution in [2.75, 3.05) is 6.61 Å². The van der Waals surface area contributed by atoms with E-state index in [0.717, 1.165) is 5.56 Å². The molecule has 0 saturated carbocycles. The lowest BCUT2D eigenvalue weighted by Gasteiger charge is -2.03. The summed E-state index contributed by atoms with van der Waals surface area (Å²) in [5.41, 5.74) is 1.56. The van der Waals surface area contributed by atoms with Crippen LogP contribution in [0.15, 0.2) is 34.7 Å². The Bertz CT molecular complexity index is 596. The summed E-state index contributed by atoms with van der Waals surface area (Å²) in [6.07, 6.45) is 0.602. The third-order valence-corrected chi connectivity index (χ3v) is 2.81. The number of carbonyl (C=O) groups is 2. The van der Waals surface area contributed by atoms with Crippen LogP contribution in [0, 0.1) is 6.92 Å². The van der Waals surface area contributed by atoms with E-state index in [4.69, 9.17) is 9.15 Å². The monoisotopic (exact) mass is 258 g/mol. The summed E-state index contributed by atoms with van der Waals surface area (Å²) in [6.45, 7) is 3.68. The van der Waals surface area contributed by atoms with E-state index in [2.05, 4.69) is 0 Å². The standard InChI is InChI=1S/C15H14O4/c1-3-18-15(17)13-10(2)12(9-16)19-14(13)11-7-5-4-6-8-11/h4-9H,3H2,1-2H3. The van der Waals surface area contributed by atoms with Gasteiger partial charge in [0.15, 0.2) is 12.0 Å². The zero-order chi connectivity index (χ0) is 13.8. The Balaban J connectivity index is 2.60. The van der Waals surface area contributed by atoms with Crippen molar-refractivity contribution in [3.63, 3.8) is 0 Å². The smallest absolute Gasteiger partial charge is 0.342 e. The van der Waals surface area contributed by atoms with E-state index < -0.39 is 5.97 Å².